The van der Waals surface area contributed by atoms with Gasteiger partial charge in [0.25, 0.3) is 0 Å². The molecule has 8 heteroatoms. The number of aliphatic carboxylic acids is 1. The Hall–Kier alpha value is -1.41. The summed E-state index contributed by atoms with van der Waals surface area (Å²) < 4.78 is 43.1. The second kappa shape index (κ2) is 6.48. The van der Waals surface area contributed by atoms with Gasteiger partial charge in [-0.25, -0.2) is 0 Å². The number of ether oxygens (including phenoxy) is 1. The van der Waals surface area contributed by atoms with Crippen molar-refractivity contribution in [1.82, 2.24) is 4.90 Å². The number of rotatable bonds is 5. The van der Waals surface area contributed by atoms with E-state index in [0.29, 0.717) is 13.0 Å². The second-order valence-corrected chi connectivity index (χ2v) is 7.29. The molecule has 3 unspecified atom stereocenters. The van der Waals surface area contributed by atoms with E-state index >= 15 is 0 Å². The number of thioether (sulfide) groups is 1. The Morgan fingerprint density at radius 2 is 2.17 bits per heavy atom. The first-order chi connectivity index (χ1) is 11.3. The molecule has 0 radical (unpaired) electrons. The van der Waals surface area contributed by atoms with Crippen molar-refractivity contribution < 1.29 is 27.8 Å². The molecule has 2 aliphatic heterocycles. The van der Waals surface area contributed by atoms with Crippen LogP contribution in [0.5, 0.6) is 5.75 Å². The molecular weight excluding hydrogens is 343 g/mol. The van der Waals surface area contributed by atoms with Crippen LogP contribution in [0.1, 0.15) is 24.8 Å². The quantitative estimate of drug-likeness (QED) is 0.810. The summed E-state index contributed by atoms with van der Waals surface area (Å²) in [4.78, 5) is 13.5. The predicted octanol–water partition coefficient (Wildman–Crippen LogP) is 3.74. The van der Waals surface area contributed by atoms with E-state index in [-0.39, 0.29) is 40.4 Å². The molecule has 24 heavy (non-hydrogen) atoms. The molecule has 1 aromatic rings. The predicted molar refractivity (Wildman–Crippen MR) is 83.0 cm³/mol. The average molecular weight is 361 g/mol. The molecule has 2 fully saturated rings. The molecule has 4 nitrogen and oxygen atoms in total. The highest BCUT2D eigenvalue weighted by Crippen LogP contribution is 2.44. The fourth-order valence-corrected chi connectivity index (χ4v) is 4.56. The summed E-state index contributed by atoms with van der Waals surface area (Å²) in [6.07, 6.45) is 2.41. The third-order valence-electron chi connectivity index (χ3n) is 4.82. The molecule has 3 rings (SSSR count). The molecule has 0 spiro atoms. The Balaban J connectivity index is 1.78. The van der Waals surface area contributed by atoms with Gasteiger partial charge in [0.1, 0.15) is 5.75 Å². The van der Waals surface area contributed by atoms with Gasteiger partial charge in [0, 0.05) is 18.6 Å². The van der Waals surface area contributed by atoms with E-state index in [1.165, 1.54) is 19.2 Å². The Morgan fingerprint density at radius 3 is 2.75 bits per heavy atom. The Labute approximate surface area is 142 Å². The van der Waals surface area contributed by atoms with Gasteiger partial charge in [-0.05, 0) is 48.7 Å². The van der Waals surface area contributed by atoms with Crippen molar-refractivity contribution in [2.24, 2.45) is 5.92 Å². The summed E-state index contributed by atoms with van der Waals surface area (Å²) in [6, 6.07) is 4.96. The zero-order chi connectivity index (χ0) is 17.5. The van der Waals surface area contributed by atoms with E-state index in [0.717, 1.165) is 18.4 Å². The summed E-state index contributed by atoms with van der Waals surface area (Å²) in [5, 5.41) is 9.29. The van der Waals surface area contributed by atoms with E-state index < -0.39 is 11.5 Å². The highest BCUT2D eigenvalue weighted by Gasteiger charge is 2.49. The van der Waals surface area contributed by atoms with E-state index in [4.69, 9.17) is 4.74 Å². The number of carboxylic acid groups (broad SMARTS) is 1. The third kappa shape index (κ3) is 3.49. The first kappa shape index (κ1) is 17.4. The summed E-state index contributed by atoms with van der Waals surface area (Å²) >= 11 is -0.191. The van der Waals surface area contributed by atoms with Crippen molar-refractivity contribution in [2.75, 3.05) is 7.11 Å². The van der Waals surface area contributed by atoms with Crippen LogP contribution in [-0.4, -0.2) is 40.7 Å². The fourth-order valence-electron chi connectivity index (χ4n) is 3.85. The molecule has 1 aromatic carbocycles. The number of hydrogen-bond donors (Lipinski definition) is 1. The lowest BCUT2D eigenvalue weighted by molar-refractivity contribution is -0.142. The Bertz CT molecular complexity index is 637. The second-order valence-electron chi connectivity index (χ2n) is 6.18. The van der Waals surface area contributed by atoms with Crippen molar-refractivity contribution in [1.29, 1.82) is 0 Å². The molecule has 0 aliphatic carbocycles. The maximum absolute atomic E-state index is 12.7. The molecule has 0 aromatic heterocycles. The molecule has 0 saturated carbocycles. The van der Waals surface area contributed by atoms with Gasteiger partial charge >= 0.3 is 11.5 Å². The minimum absolute atomic E-state index is 0.0201. The number of carboxylic acids is 1. The largest absolute Gasteiger partial charge is 0.496 e. The van der Waals surface area contributed by atoms with Gasteiger partial charge in [0.05, 0.1) is 17.9 Å². The summed E-state index contributed by atoms with van der Waals surface area (Å²) in [7, 11) is 1.34. The first-order valence-electron chi connectivity index (χ1n) is 7.69. The highest BCUT2D eigenvalue weighted by molar-refractivity contribution is 8.00. The van der Waals surface area contributed by atoms with Crippen LogP contribution in [0.4, 0.5) is 13.2 Å². The van der Waals surface area contributed by atoms with Crippen LogP contribution in [0.25, 0.3) is 0 Å². The maximum atomic E-state index is 12.7. The molecule has 2 aliphatic rings. The summed E-state index contributed by atoms with van der Waals surface area (Å²) in [5.74, 6) is -0.963. The van der Waals surface area contributed by atoms with Gasteiger partial charge in [0.2, 0.25) is 0 Å². The summed E-state index contributed by atoms with van der Waals surface area (Å²) in [5.41, 5.74) is -3.64. The highest BCUT2D eigenvalue weighted by atomic mass is 32.2. The number of benzene rings is 1. The first-order valence-corrected chi connectivity index (χ1v) is 8.51. The lowest BCUT2D eigenvalue weighted by Gasteiger charge is -2.23. The standard InChI is InChI=1S/C16H18F3NO3S/c1-23-13-5-2-9(6-14(13)24-16(17,18)19)8-20-10-3-4-12(20)11(7-10)15(21)22/h2,5-6,10-12H,3-4,7-8H2,1H3,(H,21,22). The normalized spacial score (nSPS) is 26.8. The van der Waals surface area contributed by atoms with Crippen molar-refractivity contribution >= 4 is 17.7 Å². The number of methoxy groups -OCH3 is 1. The minimum atomic E-state index is -4.38. The number of alkyl halides is 3. The van der Waals surface area contributed by atoms with E-state index in [1.54, 1.807) is 6.07 Å². The lowest BCUT2D eigenvalue weighted by atomic mass is 9.89. The smallest absolute Gasteiger partial charge is 0.446 e. The number of hydrogen-bond acceptors (Lipinski definition) is 4. The van der Waals surface area contributed by atoms with Gasteiger partial charge in [0.15, 0.2) is 0 Å². The number of nitrogens with zero attached hydrogens (tertiary/aromatic N) is 1. The van der Waals surface area contributed by atoms with Gasteiger partial charge in [-0.1, -0.05) is 6.07 Å². The number of carbonyl (C=O) groups is 1. The molecule has 1 N–H and O–H groups in total. The van der Waals surface area contributed by atoms with Gasteiger partial charge in [-0.3, -0.25) is 9.69 Å². The third-order valence-corrected chi connectivity index (χ3v) is 5.59. The Kier molecular flexibility index (Phi) is 4.70. The zero-order valence-corrected chi connectivity index (χ0v) is 13.9. The van der Waals surface area contributed by atoms with Gasteiger partial charge < -0.3 is 9.84 Å². The topological polar surface area (TPSA) is 49.8 Å². The molecule has 0 amide bonds. The molecule has 2 heterocycles. The molecule has 3 atom stereocenters. The van der Waals surface area contributed by atoms with Crippen molar-refractivity contribution in [3.8, 4) is 5.75 Å². The molecule has 2 bridgehead atoms. The van der Waals surface area contributed by atoms with Crippen molar-refractivity contribution in [3.05, 3.63) is 23.8 Å². The number of halogens is 3. The van der Waals surface area contributed by atoms with E-state index in [2.05, 4.69) is 4.90 Å². The SMILES string of the molecule is COc1ccc(CN2C3CCC2C(C(=O)O)C3)cc1SC(F)(F)F. The van der Waals surface area contributed by atoms with E-state index in [1.807, 2.05) is 0 Å². The van der Waals surface area contributed by atoms with Crippen LogP contribution in [0, 0.1) is 5.92 Å². The van der Waals surface area contributed by atoms with Crippen LogP contribution in [0.3, 0.4) is 0 Å². The van der Waals surface area contributed by atoms with Gasteiger partial charge in [-0.2, -0.15) is 13.2 Å². The van der Waals surface area contributed by atoms with Crippen molar-refractivity contribution in [2.45, 2.75) is 48.3 Å². The molecular formula is C16H18F3NO3S. The van der Waals surface area contributed by atoms with E-state index in [9.17, 15) is 23.1 Å². The number of fused-ring (bicyclic) bond motifs is 2. The lowest BCUT2D eigenvalue weighted by Crippen LogP contribution is -2.32. The maximum Gasteiger partial charge on any atom is 0.446 e. The average Bonchev–Trinajstić information content (AvgIpc) is 3.03. The van der Waals surface area contributed by atoms with Crippen molar-refractivity contribution in [3.63, 3.8) is 0 Å². The van der Waals surface area contributed by atoms with Crippen LogP contribution in [-0.2, 0) is 11.3 Å². The van der Waals surface area contributed by atoms with Gasteiger partial charge in [-0.15, -0.1) is 0 Å². The van der Waals surface area contributed by atoms with Crippen LogP contribution in [0.2, 0.25) is 0 Å². The van der Waals surface area contributed by atoms with Crippen LogP contribution >= 0.6 is 11.8 Å². The van der Waals surface area contributed by atoms with Crippen LogP contribution < -0.4 is 4.74 Å². The molecule has 2 saturated heterocycles. The Morgan fingerprint density at radius 1 is 1.42 bits per heavy atom. The van der Waals surface area contributed by atoms with Crippen LogP contribution in [0.15, 0.2) is 23.1 Å². The zero-order valence-electron chi connectivity index (χ0n) is 13.0. The monoisotopic (exact) mass is 361 g/mol. The summed E-state index contributed by atoms with van der Waals surface area (Å²) in [6.45, 7) is 0.467. The molecule has 132 valence electrons. The fraction of sp³-hybridized carbons (Fsp3) is 0.562. The minimum Gasteiger partial charge on any atom is -0.496 e.